The maximum Gasteiger partial charge on any atom is 0.241 e. The van der Waals surface area contributed by atoms with Crippen molar-refractivity contribution < 1.29 is 4.79 Å². The van der Waals surface area contributed by atoms with Crippen molar-refractivity contribution in [1.29, 1.82) is 0 Å². The van der Waals surface area contributed by atoms with E-state index >= 15 is 0 Å². The second-order valence-electron chi connectivity index (χ2n) is 4.58. The monoisotopic (exact) mass is 233 g/mol. The average Bonchev–Trinajstić information content (AvgIpc) is 2.83. The molecule has 1 aromatic carbocycles. The largest absolute Gasteiger partial charge is 0.378 e. The molecule has 2 rings (SSSR count). The number of nitrogens with one attached hydrogen (secondary N) is 2. The molecular formula is C13H19N3O. The molecule has 4 heteroatoms. The van der Waals surface area contributed by atoms with Gasteiger partial charge in [0.2, 0.25) is 5.91 Å². The van der Waals surface area contributed by atoms with E-state index in [0.29, 0.717) is 0 Å². The number of amides is 1. The normalized spacial score (nSPS) is 19.1. The number of hydrogen-bond donors (Lipinski definition) is 2. The number of carbonyl (C=O) groups is 1. The van der Waals surface area contributed by atoms with Crippen molar-refractivity contribution in [3.8, 4) is 0 Å². The van der Waals surface area contributed by atoms with Crippen LogP contribution in [0.1, 0.15) is 12.8 Å². The third kappa shape index (κ3) is 2.97. The average molecular weight is 233 g/mol. The minimum Gasteiger partial charge on any atom is -0.378 e. The zero-order valence-corrected chi connectivity index (χ0v) is 10.4. The highest BCUT2D eigenvalue weighted by Gasteiger charge is 2.21. The topological polar surface area (TPSA) is 44.4 Å². The molecule has 1 amide bonds. The summed E-state index contributed by atoms with van der Waals surface area (Å²) in [6.45, 7) is 0.942. The van der Waals surface area contributed by atoms with E-state index in [1.54, 1.807) is 0 Å². The van der Waals surface area contributed by atoms with Gasteiger partial charge in [0.1, 0.15) is 0 Å². The Hall–Kier alpha value is -1.55. The lowest BCUT2D eigenvalue weighted by Crippen LogP contribution is -2.35. The molecule has 2 N–H and O–H groups in total. The van der Waals surface area contributed by atoms with E-state index in [2.05, 4.69) is 10.6 Å². The first-order chi connectivity index (χ1) is 8.16. The number of hydrogen-bond acceptors (Lipinski definition) is 3. The molecule has 0 aliphatic carbocycles. The fourth-order valence-corrected chi connectivity index (χ4v) is 1.98. The summed E-state index contributed by atoms with van der Waals surface area (Å²) in [5, 5.41) is 6.12. The number of carbonyl (C=O) groups excluding carboxylic acids is 1. The van der Waals surface area contributed by atoms with Crippen molar-refractivity contribution >= 4 is 17.3 Å². The van der Waals surface area contributed by atoms with E-state index in [1.807, 2.05) is 43.3 Å². The van der Waals surface area contributed by atoms with Crippen LogP contribution in [0.3, 0.4) is 0 Å². The van der Waals surface area contributed by atoms with Crippen LogP contribution in [0.2, 0.25) is 0 Å². The summed E-state index contributed by atoms with van der Waals surface area (Å²) in [7, 11) is 3.99. The van der Waals surface area contributed by atoms with E-state index in [1.165, 1.54) is 0 Å². The van der Waals surface area contributed by atoms with Crippen LogP contribution in [0.25, 0.3) is 0 Å². The van der Waals surface area contributed by atoms with Crippen molar-refractivity contribution in [3.05, 3.63) is 24.3 Å². The van der Waals surface area contributed by atoms with Crippen molar-refractivity contribution in [1.82, 2.24) is 5.32 Å². The van der Waals surface area contributed by atoms with Crippen LogP contribution < -0.4 is 15.5 Å². The Bertz CT molecular complexity index is 380. The van der Waals surface area contributed by atoms with Crippen LogP contribution in [0.4, 0.5) is 11.4 Å². The molecule has 1 saturated heterocycles. The van der Waals surface area contributed by atoms with E-state index in [0.717, 1.165) is 30.8 Å². The van der Waals surface area contributed by atoms with Crippen LogP contribution in [0.5, 0.6) is 0 Å². The Balaban J connectivity index is 1.96. The minimum absolute atomic E-state index is 0.0245. The van der Waals surface area contributed by atoms with Crippen molar-refractivity contribution in [2.45, 2.75) is 18.9 Å². The first-order valence-corrected chi connectivity index (χ1v) is 5.98. The van der Waals surface area contributed by atoms with Gasteiger partial charge in [-0.05, 0) is 43.7 Å². The van der Waals surface area contributed by atoms with Gasteiger partial charge in [-0.3, -0.25) is 4.79 Å². The number of rotatable bonds is 3. The van der Waals surface area contributed by atoms with E-state index < -0.39 is 0 Å². The van der Waals surface area contributed by atoms with Gasteiger partial charge >= 0.3 is 0 Å². The first-order valence-electron chi connectivity index (χ1n) is 5.98. The molecule has 1 atom stereocenters. The summed E-state index contributed by atoms with van der Waals surface area (Å²) in [5.74, 6) is 0.0695. The maximum absolute atomic E-state index is 11.8. The lowest BCUT2D eigenvalue weighted by molar-refractivity contribution is -0.117. The Labute approximate surface area is 102 Å². The second-order valence-corrected chi connectivity index (χ2v) is 4.58. The second kappa shape index (κ2) is 5.19. The standard InChI is InChI=1S/C13H19N3O/c1-16(2)11-7-5-10(6-8-11)15-13(17)12-4-3-9-14-12/h5-8,12,14H,3-4,9H2,1-2H3,(H,15,17)/t12-/m0/s1. The Kier molecular flexibility index (Phi) is 3.64. The molecule has 17 heavy (non-hydrogen) atoms. The zero-order valence-electron chi connectivity index (χ0n) is 10.4. The van der Waals surface area contributed by atoms with Gasteiger partial charge in [-0.1, -0.05) is 0 Å². The number of benzene rings is 1. The smallest absolute Gasteiger partial charge is 0.241 e. The summed E-state index contributed by atoms with van der Waals surface area (Å²) in [6.07, 6.45) is 2.01. The lowest BCUT2D eigenvalue weighted by Gasteiger charge is -2.14. The van der Waals surface area contributed by atoms with E-state index in [-0.39, 0.29) is 11.9 Å². The fraction of sp³-hybridized carbons (Fsp3) is 0.462. The predicted octanol–water partition coefficient (Wildman–Crippen LogP) is 1.44. The summed E-state index contributed by atoms with van der Waals surface area (Å²) in [4.78, 5) is 13.9. The third-order valence-electron chi connectivity index (χ3n) is 3.03. The molecular weight excluding hydrogens is 214 g/mol. The van der Waals surface area contributed by atoms with Gasteiger partial charge in [0, 0.05) is 25.5 Å². The van der Waals surface area contributed by atoms with Crippen molar-refractivity contribution in [2.75, 3.05) is 30.9 Å². The molecule has 1 heterocycles. The highest BCUT2D eigenvalue weighted by molar-refractivity contribution is 5.95. The van der Waals surface area contributed by atoms with Gasteiger partial charge < -0.3 is 15.5 Å². The molecule has 0 bridgehead atoms. The van der Waals surface area contributed by atoms with Crippen LogP contribution in [0.15, 0.2) is 24.3 Å². The highest BCUT2D eigenvalue weighted by Crippen LogP contribution is 2.16. The SMILES string of the molecule is CN(C)c1ccc(NC(=O)[C@@H]2CCCN2)cc1. The Morgan fingerprint density at radius 3 is 2.59 bits per heavy atom. The molecule has 1 fully saturated rings. The molecule has 1 aliphatic rings. The predicted molar refractivity (Wildman–Crippen MR) is 70.4 cm³/mol. The van der Waals surface area contributed by atoms with E-state index in [9.17, 15) is 4.79 Å². The van der Waals surface area contributed by atoms with Gasteiger partial charge in [0.15, 0.2) is 0 Å². The first kappa shape index (κ1) is 11.9. The molecule has 92 valence electrons. The molecule has 0 aromatic heterocycles. The zero-order chi connectivity index (χ0) is 12.3. The fourth-order valence-electron chi connectivity index (χ4n) is 1.98. The van der Waals surface area contributed by atoms with Crippen LogP contribution >= 0.6 is 0 Å². The van der Waals surface area contributed by atoms with Gasteiger partial charge in [-0.25, -0.2) is 0 Å². The quantitative estimate of drug-likeness (QED) is 0.830. The molecule has 0 radical (unpaired) electrons. The van der Waals surface area contributed by atoms with Crippen LogP contribution in [0, 0.1) is 0 Å². The van der Waals surface area contributed by atoms with Gasteiger partial charge in [-0.15, -0.1) is 0 Å². The molecule has 0 unspecified atom stereocenters. The Morgan fingerprint density at radius 2 is 2.06 bits per heavy atom. The highest BCUT2D eigenvalue weighted by atomic mass is 16.2. The molecule has 4 nitrogen and oxygen atoms in total. The number of anilines is 2. The lowest BCUT2D eigenvalue weighted by atomic mass is 10.2. The Morgan fingerprint density at radius 1 is 1.35 bits per heavy atom. The van der Waals surface area contributed by atoms with Gasteiger partial charge in [0.25, 0.3) is 0 Å². The number of nitrogens with zero attached hydrogens (tertiary/aromatic N) is 1. The van der Waals surface area contributed by atoms with Crippen LogP contribution in [-0.4, -0.2) is 32.6 Å². The van der Waals surface area contributed by atoms with Crippen LogP contribution in [-0.2, 0) is 4.79 Å². The molecule has 0 spiro atoms. The summed E-state index contributed by atoms with van der Waals surface area (Å²) >= 11 is 0. The van der Waals surface area contributed by atoms with Gasteiger partial charge in [0.05, 0.1) is 6.04 Å². The van der Waals surface area contributed by atoms with Crippen molar-refractivity contribution in [2.24, 2.45) is 0 Å². The van der Waals surface area contributed by atoms with Gasteiger partial charge in [-0.2, -0.15) is 0 Å². The molecule has 0 saturated carbocycles. The third-order valence-corrected chi connectivity index (χ3v) is 3.03. The molecule has 1 aliphatic heterocycles. The summed E-state index contributed by atoms with van der Waals surface area (Å²) in [6, 6.07) is 7.84. The summed E-state index contributed by atoms with van der Waals surface area (Å²) in [5.41, 5.74) is 1.98. The minimum atomic E-state index is -0.0245. The van der Waals surface area contributed by atoms with E-state index in [4.69, 9.17) is 0 Å². The maximum atomic E-state index is 11.8. The summed E-state index contributed by atoms with van der Waals surface area (Å²) < 4.78 is 0. The van der Waals surface area contributed by atoms with Crippen molar-refractivity contribution in [3.63, 3.8) is 0 Å². The molecule has 1 aromatic rings.